The highest BCUT2D eigenvalue weighted by Crippen LogP contribution is 2.28. The lowest BCUT2D eigenvalue weighted by atomic mass is 10.1. The molecule has 2 aromatic rings. The Morgan fingerprint density at radius 3 is 2.58 bits per heavy atom. The minimum atomic E-state index is -0.0216. The zero-order valence-corrected chi connectivity index (χ0v) is 15.8. The molecule has 0 amide bonds. The van der Waals surface area contributed by atoms with E-state index in [1.807, 2.05) is 31.1 Å². The molecule has 1 aliphatic rings. The molecule has 2 heterocycles. The van der Waals surface area contributed by atoms with Crippen LogP contribution in [0.4, 0.5) is 5.95 Å². The molecule has 7 nitrogen and oxygen atoms in total. The van der Waals surface area contributed by atoms with Crippen molar-refractivity contribution in [1.82, 2.24) is 14.9 Å². The molecule has 0 aliphatic carbocycles. The SMILES string of the molecule is COc1ccc(CN2CCc3nc(N(C)C)[nH]c(=O)c3CC2)cc1OC. The van der Waals surface area contributed by atoms with Gasteiger partial charge in [0, 0.05) is 45.7 Å². The first-order valence-electron chi connectivity index (χ1n) is 8.74. The average Bonchev–Trinajstić information content (AvgIpc) is 2.84. The lowest BCUT2D eigenvalue weighted by Crippen LogP contribution is -2.26. The minimum Gasteiger partial charge on any atom is -0.493 e. The zero-order chi connectivity index (χ0) is 18.7. The van der Waals surface area contributed by atoms with Crippen LogP contribution in [0.3, 0.4) is 0 Å². The Labute approximate surface area is 153 Å². The van der Waals surface area contributed by atoms with E-state index >= 15 is 0 Å². The van der Waals surface area contributed by atoms with Crippen molar-refractivity contribution >= 4 is 5.95 Å². The van der Waals surface area contributed by atoms with Crippen molar-refractivity contribution in [2.45, 2.75) is 19.4 Å². The molecule has 0 atom stereocenters. The summed E-state index contributed by atoms with van der Waals surface area (Å²) in [6, 6.07) is 5.98. The molecule has 1 N–H and O–H groups in total. The summed E-state index contributed by atoms with van der Waals surface area (Å²) in [6.45, 7) is 2.49. The highest BCUT2D eigenvalue weighted by molar-refractivity contribution is 5.43. The van der Waals surface area contributed by atoms with Crippen LogP contribution in [-0.4, -0.2) is 56.3 Å². The molecule has 0 fully saturated rings. The van der Waals surface area contributed by atoms with Crippen molar-refractivity contribution in [2.24, 2.45) is 0 Å². The number of rotatable bonds is 5. The fraction of sp³-hybridized carbons (Fsp3) is 0.474. The van der Waals surface area contributed by atoms with Crippen LogP contribution in [0.1, 0.15) is 16.8 Å². The third-order valence-electron chi connectivity index (χ3n) is 4.71. The van der Waals surface area contributed by atoms with Crippen molar-refractivity contribution in [3.05, 3.63) is 45.4 Å². The Balaban J connectivity index is 1.75. The maximum Gasteiger partial charge on any atom is 0.255 e. The van der Waals surface area contributed by atoms with Crippen LogP contribution in [0.2, 0.25) is 0 Å². The quantitative estimate of drug-likeness (QED) is 0.872. The highest BCUT2D eigenvalue weighted by Gasteiger charge is 2.19. The van der Waals surface area contributed by atoms with Gasteiger partial charge in [0.2, 0.25) is 5.95 Å². The van der Waals surface area contributed by atoms with Gasteiger partial charge in [0.1, 0.15) is 0 Å². The normalized spacial score (nSPS) is 14.5. The van der Waals surface area contributed by atoms with Gasteiger partial charge >= 0.3 is 0 Å². The second-order valence-electron chi connectivity index (χ2n) is 6.67. The Kier molecular flexibility index (Phi) is 5.46. The molecule has 26 heavy (non-hydrogen) atoms. The van der Waals surface area contributed by atoms with E-state index in [9.17, 15) is 4.79 Å². The number of anilines is 1. The summed E-state index contributed by atoms with van der Waals surface area (Å²) in [5.74, 6) is 2.07. The number of aromatic amines is 1. The highest BCUT2D eigenvalue weighted by atomic mass is 16.5. The summed E-state index contributed by atoms with van der Waals surface area (Å²) >= 11 is 0. The van der Waals surface area contributed by atoms with E-state index in [1.165, 1.54) is 0 Å². The number of methoxy groups -OCH3 is 2. The van der Waals surface area contributed by atoms with Gasteiger partial charge < -0.3 is 14.4 Å². The van der Waals surface area contributed by atoms with Gasteiger partial charge in [0.25, 0.3) is 5.56 Å². The molecule has 0 radical (unpaired) electrons. The monoisotopic (exact) mass is 358 g/mol. The molecule has 140 valence electrons. The molecule has 0 saturated heterocycles. The van der Waals surface area contributed by atoms with Crippen LogP contribution < -0.4 is 19.9 Å². The number of hydrogen-bond acceptors (Lipinski definition) is 6. The Bertz CT molecular complexity index is 832. The maximum atomic E-state index is 12.4. The molecule has 0 unspecified atom stereocenters. The molecular formula is C19H26N4O3. The van der Waals surface area contributed by atoms with E-state index in [2.05, 4.69) is 20.9 Å². The van der Waals surface area contributed by atoms with Gasteiger partial charge in [-0.25, -0.2) is 4.98 Å². The first-order valence-corrected chi connectivity index (χ1v) is 8.74. The summed E-state index contributed by atoms with van der Waals surface area (Å²) in [4.78, 5) is 24.1. The number of fused-ring (bicyclic) bond motifs is 1. The Morgan fingerprint density at radius 1 is 1.15 bits per heavy atom. The van der Waals surface area contributed by atoms with Gasteiger partial charge in [-0.2, -0.15) is 0 Å². The summed E-state index contributed by atoms with van der Waals surface area (Å²) < 4.78 is 10.7. The number of hydrogen-bond donors (Lipinski definition) is 1. The van der Waals surface area contributed by atoms with Crippen LogP contribution in [0, 0.1) is 0 Å². The molecule has 0 bridgehead atoms. The molecular weight excluding hydrogens is 332 g/mol. The number of nitrogens with zero attached hydrogens (tertiary/aromatic N) is 3. The Morgan fingerprint density at radius 2 is 1.88 bits per heavy atom. The van der Waals surface area contributed by atoms with Gasteiger partial charge in [-0.1, -0.05) is 6.07 Å². The van der Waals surface area contributed by atoms with Crippen molar-refractivity contribution in [2.75, 3.05) is 46.3 Å². The van der Waals surface area contributed by atoms with E-state index in [4.69, 9.17) is 9.47 Å². The van der Waals surface area contributed by atoms with Crippen LogP contribution >= 0.6 is 0 Å². The topological polar surface area (TPSA) is 70.7 Å². The molecule has 1 aromatic heterocycles. The van der Waals surface area contributed by atoms with Gasteiger partial charge in [-0.3, -0.25) is 14.7 Å². The van der Waals surface area contributed by atoms with Crippen molar-refractivity contribution in [3.8, 4) is 11.5 Å². The first-order chi connectivity index (χ1) is 12.5. The standard InChI is InChI=1S/C19H26N4O3/c1-22(2)19-20-15-8-10-23(9-7-14(15)18(24)21-19)12-13-5-6-16(25-3)17(11-13)26-4/h5-6,11H,7-10,12H2,1-4H3,(H,20,21,24). The predicted octanol–water partition coefficient (Wildman–Crippen LogP) is 1.45. The molecule has 7 heteroatoms. The van der Waals surface area contributed by atoms with E-state index in [0.717, 1.165) is 54.4 Å². The average molecular weight is 358 g/mol. The fourth-order valence-corrected chi connectivity index (χ4v) is 3.25. The largest absolute Gasteiger partial charge is 0.493 e. The van der Waals surface area contributed by atoms with Crippen molar-refractivity contribution < 1.29 is 9.47 Å². The molecule has 1 aromatic carbocycles. The summed E-state index contributed by atoms with van der Waals surface area (Å²) in [7, 11) is 7.04. The summed E-state index contributed by atoms with van der Waals surface area (Å²) in [5, 5.41) is 0. The van der Waals surface area contributed by atoms with E-state index < -0.39 is 0 Å². The maximum absolute atomic E-state index is 12.4. The summed E-state index contributed by atoms with van der Waals surface area (Å²) in [6.07, 6.45) is 1.48. The van der Waals surface area contributed by atoms with E-state index in [0.29, 0.717) is 12.4 Å². The van der Waals surface area contributed by atoms with Gasteiger partial charge in [0.15, 0.2) is 11.5 Å². The van der Waals surface area contributed by atoms with Crippen LogP contribution in [0.25, 0.3) is 0 Å². The molecule has 3 rings (SSSR count). The molecule has 1 aliphatic heterocycles. The van der Waals surface area contributed by atoms with E-state index in [1.54, 1.807) is 14.2 Å². The summed E-state index contributed by atoms with van der Waals surface area (Å²) in [5.41, 5.74) is 2.86. The second-order valence-corrected chi connectivity index (χ2v) is 6.67. The molecule has 0 spiro atoms. The number of nitrogens with one attached hydrogen (secondary N) is 1. The smallest absolute Gasteiger partial charge is 0.255 e. The number of aromatic nitrogens is 2. The number of benzene rings is 1. The van der Waals surface area contributed by atoms with Crippen LogP contribution in [0.5, 0.6) is 11.5 Å². The van der Waals surface area contributed by atoms with Crippen molar-refractivity contribution in [3.63, 3.8) is 0 Å². The number of H-pyrrole nitrogens is 1. The third kappa shape index (κ3) is 3.83. The van der Waals surface area contributed by atoms with E-state index in [-0.39, 0.29) is 5.56 Å². The fourth-order valence-electron chi connectivity index (χ4n) is 3.25. The predicted molar refractivity (Wildman–Crippen MR) is 101 cm³/mol. The number of ether oxygens (including phenoxy) is 2. The van der Waals surface area contributed by atoms with Gasteiger partial charge in [-0.05, 0) is 24.1 Å². The third-order valence-corrected chi connectivity index (χ3v) is 4.71. The second kappa shape index (κ2) is 7.78. The van der Waals surface area contributed by atoms with Crippen molar-refractivity contribution in [1.29, 1.82) is 0 Å². The lowest BCUT2D eigenvalue weighted by molar-refractivity contribution is 0.278. The van der Waals surface area contributed by atoms with Crippen LogP contribution in [-0.2, 0) is 19.4 Å². The first kappa shape index (κ1) is 18.3. The molecule has 0 saturated carbocycles. The van der Waals surface area contributed by atoms with Crippen LogP contribution in [0.15, 0.2) is 23.0 Å². The van der Waals surface area contributed by atoms with Gasteiger partial charge in [-0.15, -0.1) is 0 Å². The Hall–Kier alpha value is -2.54. The lowest BCUT2D eigenvalue weighted by Gasteiger charge is -2.20. The minimum absolute atomic E-state index is 0.0216. The zero-order valence-electron chi connectivity index (χ0n) is 15.8. The van der Waals surface area contributed by atoms with Gasteiger partial charge in [0.05, 0.1) is 19.9 Å².